The van der Waals surface area contributed by atoms with E-state index < -0.39 is 0 Å². The second-order valence-electron chi connectivity index (χ2n) is 6.38. The molecule has 1 nitrogen and oxygen atoms in total. The summed E-state index contributed by atoms with van der Waals surface area (Å²) in [5, 5.41) is 3.54. The summed E-state index contributed by atoms with van der Waals surface area (Å²) in [6.07, 6.45) is 3.20. The Balaban J connectivity index is 2.35. The maximum Gasteiger partial charge on any atom is 0.0422 e. The molecule has 0 bridgehead atoms. The smallest absolute Gasteiger partial charge is 0.0422 e. The Bertz CT molecular complexity index is 703. The van der Waals surface area contributed by atoms with Gasteiger partial charge in [0, 0.05) is 23.7 Å². The lowest BCUT2D eigenvalue weighted by atomic mass is 9.94. The van der Waals surface area contributed by atoms with Crippen molar-refractivity contribution in [3.8, 4) is 0 Å². The molecule has 0 aliphatic heterocycles. The Morgan fingerprint density at radius 3 is 2.54 bits per heavy atom. The van der Waals surface area contributed by atoms with Crippen LogP contribution in [0.1, 0.15) is 47.6 Å². The SMILES string of the molecule is C=C(c1ccc(C)c(C)c1)c1ccc(CCC)cc1NCCCCl. The molecule has 0 unspecified atom stereocenters. The second kappa shape index (κ2) is 8.94. The summed E-state index contributed by atoms with van der Waals surface area (Å²) in [5.41, 5.74) is 8.55. The fourth-order valence-electron chi connectivity index (χ4n) is 2.82. The van der Waals surface area contributed by atoms with Crippen LogP contribution in [0.2, 0.25) is 0 Å². The van der Waals surface area contributed by atoms with Crippen molar-refractivity contribution >= 4 is 22.9 Å². The summed E-state index contributed by atoms with van der Waals surface area (Å²) >= 11 is 5.82. The number of aryl methyl sites for hydroxylation is 3. The van der Waals surface area contributed by atoms with Gasteiger partial charge in [-0.25, -0.2) is 0 Å². The van der Waals surface area contributed by atoms with Crippen molar-refractivity contribution in [3.05, 3.63) is 70.8 Å². The minimum absolute atomic E-state index is 0.676. The molecule has 0 atom stereocenters. The zero-order valence-corrected chi connectivity index (χ0v) is 15.8. The van der Waals surface area contributed by atoms with E-state index in [9.17, 15) is 0 Å². The molecule has 0 aliphatic carbocycles. The molecule has 0 aliphatic rings. The van der Waals surface area contributed by atoms with E-state index in [1.165, 1.54) is 27.8 Å². The highest BCUT2D eigenvalue weighted by atomic mass is 35.5. The molecule has 0 saturated carbocycles. The molecule has 2 aromatic rings. The highest BCUT2D eigenvalue weighted by molar-refractivity contribution is 6.17. The molecule has 0 heterocycles. The summed E-state index contributed by atoms with van der Waals surface area (Å²) in [5.74, 6) is 0.676. The lowest BCUT2D eigenvalue weighted by Gasteiger charge is -2.16. The van der Waals surface area contributed by atoms with E-state index in [1.54, 1.807) is 0 Å². The Labute approximate surface area is 151 Å². The molecule has 0 saturated heterocycles. The number of rotatable bonds is 8. The van der Waals surface area contributed by atoms with E-state index in [4.69, 9.17) is 11.6 Å². The van der Waals surface area contributed by atoms with Crippen LogP contribution in [0.5, 0.6) is 0 Å². The Morgan fingerprint density at radius 2 is 1.88 bits per heavy atom. The fraction of sp³-hybridized carbons (Fsp3) is 0.364. The van der Waals surface area contributed by atoms with E-state index in [-0.39, 0.29) is 0 Å². The summed E-state index contributed by atoms with van der Waals surface area (Å²) in [7, 11) is 0. The zero-order chi connectivity index (χ0) is 17.5. The van der Waals surface area contributed by atoms with E-state index in [2.05, 4.69) is 69.1 Å². The quantitative estimate of drug-likeness (QED) is 0.435. The van der Waals surface area contributed by atoms with Crippen molar-refractivity contribution in [1.82, 2.24) is 0 Å². The maximum atomic E-state index is 5.82. The first-order valence-electron chi connectivity index (χ1n) is 8.76. The van der Waals surface area contributed by atoms with Gasteiger partial charge in [0.2, 0.25) is 0 Å². The molecule has 0 spiro atoms. The molecule has 0 radical (unpaired) electrons. The number of benzene rings is 2. The molecule has 0 fully saturated rings. The Morgan fingerprint density at radius 1 is 1.08 bits per heavy atom. The van der Waals surface area contributed by atoms with E-state index in [1.807, 2.05) is 0 Å². The fourth-order valence-corrected chi connectivity index (χ4v) is 2.95. The first kappa shape index (κ1) is 18.6. The molecule has 2 heteroatoms. The minimum Gasteiger partial charge on any atom is -0.384 e. The molecular weight excluding hydrogens is 314 g/mol. The zero-order valence-electron chi connectivity index (χ0n) is 15.1. The van der Waals surface area contributed by atoms with E-state index >= 15 is 0 Å². The van der Waals surface area contributed by atoms with Gasteiger partial charge in [-0.3, -0.25) is 0 Å². The predicted molar refractivity (Wildman–Crippen MR) is 108 cm³/mol. The van der Waals surface area contributed by atoms with Gasteiger partial charge in [-0.15, -0.1) is 11.6 Å². The van der Waals surface area contributed by atoms with Gasteiger partial charge in [-0.2, -0.15) is 0 Å². The number of alkyl halides is 1. The third-order valence-electron chi connectivity index (χ3n) is 4.43. The van der Waals surface area contributed by atoms with Crippen LogP contribution in [0.4, 0.5) is 5.69 Å². The van der Waals surface area contributed by atoms with Gasteiger partial charge in [0.25, 0.3) is 0 Å². The van der Waals surface area contributed by atoms with Gasteiger partial charge in [0.1, 0.15) is 0 Å². The van der Waals surface area contributed by atoms with Crippen LogP contribution in [0.25, 0.3) is 5.57 Å². The summed E-state index contributed by atoms with van der Waals surface area (Å²) in [4.78, 5) is 0. The molecular formula is C22H28ClN. The van der Waals surface area contributed by atoms with Gasteiger partial charge in [-0.05, 0) is 60.6 Å². The van der Waals surface area contributed by atoms with Gasteiger partial charge >= 0.3 is 0 Å². The normalized spacial score (nSPS) is 10.7. The van der Waals surface area contributed by atoms with E-state index in [0.29, 0.717) is 5.88 Å². The summed E-state index contributed by atoms with van der Waals surface area (Å²) < 4.78 is 0. The van der Waals surface area contributed by atoms with Crippen LogP contribution in [0.3, 0.4) is 0 Å². The largest absolute Gasteiger partial charge is 0.384 e. The van der Waals surface area contributed by atoms with Crippen molar-refractivity contribution in [3.63, 3.8) is 0 Å². The number of hydrogen-bond acceptors (Lipinski definition) is 1. The number of nitrogens with one attached hydrogen (secondary N) is 1. The third-order valence-corrected chi connectivity index (χ3v) is 4.70. The van der Waals surface area contributed by atoms with Crippen LogP contribution >= 0.6 is 11.6 Å². The van der Waals surface area contributed by atoms with Gasteiger partial charge in [-0.1, -0.05) is 50.3 Å². The first-order valence-corrected chi connectivity index (χ1v) is 9.30. The van der Waals surface area contributed by atoms with Crippen molar-refractivity contribution in [2.24, 2.45) is 0 Å². The number of hydrogen-bond donors (Lipinski definition) is 1. The molecule has 128 valence electrons. The van der Waals surface area contributed by atoms with Crippen molar-refractivity contribution in [2.75, 3.05) is 17.7 Å². The maximum absolute atomic E-state index is 5.82. The van der Waals surface area contributed by atoms with E-state index in [0.717, 1.165) is 37.1 Å². The van der Waals surface area contributed by atoms with Crippen LogP contribution in [-0.4, -0.2) is 12.4 Å². The average Bonchev–Trinajstić information content (AvgIpc) is 2.57. The molecule has 2 aromatic carbocycles. The van der Waals surface area contributed by atoms with Gasteiger partial charge in [0.05, 0.1) is 0 Å². The topological polar surface area (TPSA) is 12.0 Å². The summed E-state index contributed by atoms with van der Waals surface area (Å²) in [6, 6.07) is 13.2. The molecule has 24 heavy (non-hydrogen) atoms. The monoisotopic (exact) mass is 341 g/mol. The molecule has 0 aromatic heterocycles. The Hall–Kier alpha value is -1.73. The standard InChI is InChI=1S/C22H28ClN/c1-5-7-19-9-11-21(22(15-19)24-13-6-12-23)18(4)20-10-8-16(2)17(3)14-20/h8-11,14-15,24H,4-7,12-13H2,1-3H3. The van der Waals surface area contributed by atoms with Crippen LogP contribution in [-0.2, 0) is 6.42 Å². The average molecular weight is 342 g/mol. The molecule has 2 rings (SSSR count). The number of halogens is 1. The minimum atomic E-state index is 0.676. The van der Waals surface area contributed by atoms with Crippen molar-refractivity contribution in [1.29, 1.82) is 0 Å². The van der Waals surface area contributed by atoms with Gasteiger partial charge in [0.15, 0.2) is 0 Å². The predicted octanol–water partition coefficient (Wildman–Crippen LogP) is 6.36. The Kier molecular flexibility index (Phi) is 6.93. The first-order chi connectivity index (χ1) is 11.6. The van der Waals surface area contributed by atoms with Crippen LogP contribution in [0.15, 0.2) is 43.0 Å². The van der Waals surface area contributed by atoms with Crippen molar-refractivity contribution in [2.45, 2.75) is 40.0 Å². The van der Waals surface area contributed by atoms with Gasteiger partial charge < -0.3 is 5.32 Å². The van der Waals surface area contributed by atoms with Crippen LogP contribution in [0, 0.1) is 13.8 Å². The highest BCUT2D eigenvalue weighted by Crippen LogP contribution is 2.30. The highest BCUT2D eigenvalue weighted by Gasteiger charge is 2.10. The lowest BCUT2D eigenvalue weighted by molar-refractivity contribution is 0.920. The lowest BCUT2D eigenvalue weighted by Crippen LogP contribution is -2.05. The van der Waals surface area contributed by atoms with Crippen LogP contribution < -0.4 is 5.32 Å². The number of anilines is 1. The molecule has 1 N–H and O–H groups in total. The third kappa shape index (κ3) is 4.64. The van der Waals surface area contributed by atoms with Crippen molar-refractivity contribution < 1.29 is 0 Å². The summed E-state index contributed by atoms with van der Waals surface area (Å²) in [6.45, 7) is 11.7. The second-order valence-corrected chi connectivity index (χ2v) is 6.75. The molecule has 0 amide bonds.